The van der Waals surface area contributed by atoms with E-state index in [1.165, 1.54) is 19.3 Å². The lowest BCUT2D eigenvalue weighted by Crippen LogP contribution is -2.37. The first-order valence-electron chi connectivity index (χ1n) is 10.9. The van der Waals surface area contributed by atoms with Gasteiger partial charge in [-0.25, -0.2) is 4.79 Å². The molecule has 0 aliphatic carbocycles. The highest BCUT2D eigenvalue weighted by Crippen LogP contribution is 2.47. The van der Waals surface area contributed by atoms with E-state index in [0.29, 0.717) is 36.4 Å². The number of carbonyl (C=O) groups excluding carboxylic acids is 1. The molecule has 0 aliphatic rings. The second-order valence-corrected chi connectivity index (χ2v) is 11.0. The highest BCUT2D eigenvalue weighted by atomic mass is 31.2. The van der Waals surface area contributed by atoms with Crippen LogP contribution in [0.25, 0.3) is 0 Å². The van der Waals surface area contributed by atoms with Gasteiger partial charge in [0.1, 0.15) is 0 Å². The Labute approximate surface area is 172 Å². The van der Waals surface area contributed by atoms with E-state index in [4.69, 9.17) is 4.52 Å². The molecule has 1 aromatic rings. The Kier molecular flexibility index (Phi) is 11.5. The minimum absolute atomic E-state index is 0.334. The maximum Gasteiger partial charge on any atom is 0.415 e. The maximum atomic E-state index is 13.7. The summed E-state index contributed by atoms with van der Waals surface area (Å²) in [5.41, 5.74) is 0. The quantitative estimate of drug-likeness (QED) is 0.269. The molecule has 160 valence electrons. The Hall–Kier alpha value is -1.28. The maximum absolute atomic E-state index is 13.7. The lowest BCUT2D eigenvalue weighted by atomic mass is 10.1. The van der Waals surface area contributed by atoms with Crippen LogP contribution in [0.4, 0.5) is 4.79 Å². The van der Waals surface area contributed by atoms with E-state index < -0.39 is 13.5 Å². The molecule has 0 fully saturated rings. The molecule has 0 saturated carbocycles. The van der Waals surface area contributed by atoms with Crippen molar-refractivity contribution in [1.82, 2.24) is 4.90 Å². The van der Waals surface area contributed by atoms with Crippen molar-refractivity contribution in [2.24, 2.45) is 11.8 Å². The van der Waals surface area contributed by atoms with Crippen molar-refractivity contribution in [3.63, 3.8) is 0 Å². The molecule has 1 aromatic carbocycles. The van der Waals surface area contributed by atoms with Gasteiger partial charge in [-0.15, -0.1) is 0 Å². The lowest BCUT2D eigenvalue weighted by Gasteiger charge is -2.28. The van der Waals surface area contributed by atoms with Crippen LogP contribution in [0.5, 0.6) is 0 Å². The third-order valence-electron chi connectivity index (χ3n) is 4.61. The fourth-order valence-electron chi connectivity index (χ4n) is 3.27. The molecule has 0 aliphatic heterocycles. The summed E-state index contributed by atoms with van der Waals surface area (Å²) < 4.78 is 19.5. The van der Waals surface area contributed by atoms with Crippen molar-refractivity contribution in [3.8, 4) is 0 Å². The van der Waals surface area contributed by atoms with Gasteiger partial charge < -0.3 is 9.42 Å². The first-order chi connectivity index (χ1) is 13.3. The molecule has 5 heteroatoms. The molecule has 1 atom stereocenters. The van der Waals surface area contributed by atoms with Gasteiger partial charge in [0.25, 0.3) is 7.37 Å². The third-order valence-corrected chi connectivity index (χ3v) is 7.05. The number of hydrogen-bond acceptors (Lipinski definition) is 3. The van der Waals surface area contributed by atoms with Gasteiger partial charge in [0.15, 0.2) is 0 Å². The molecule has 28 heavy (non-hydrogen) atoms. The highest BCUT2D eigenvalue weighted by Gasteiger charge is 2.31. The highest BCUT2D eigenvalue weighted by molar-refractivity contribution is 7.67. The standard InChI is InChI=1S/C23H40NO3P/c1-6-7-8-9-10-14-17-28(26,22-15-12-11-13-16-22)27-23(25)24(18-20(2)3)19-21(4)5/h11-13,15-16,20-21H,6-10,14,17-19H2,1-5H3. The van der Waals surface area contributed by atoms with Crippen molar-refractivity contribution >= 4 is 18.8 Å². The van der Waals surface area contributed by atoms with E-state index in [1.807, 2.05) is 30.3 Å². The van der Waals surface area contributed by atoms with Crippen LogP contribution in [0.3, 0.4) is 0 Å². The SMILES string of the molecule is CCCCCCCCP(=O)(OC(=O)N(CC(C)C)CC(C)C)c1ccccc1. The number of unbranched alkanes of at least 4 members (excludes halogenated alkanes) is 5. The first-order valence-corrected chi connectivity index (χ1v) is 12.7. The summed E-state index contributed by atoms with van der Waals surface area (Å²) in [4.78, 5) is 14.6. The van der Waals surface area contributed by atoms with Gasteiger partial charge >= 0.3 is 6.09 Å². The average Bonchev–Trinajstić information content (AvgIpc) is 2.64. The fourth-order valence-corrected chi connectivity index (χ4v) is 5.36. The lowest BCUT2D eigenvalue weighted by molar-refractivity contribution is 0.141. The van der Waals surface area contributed by atoms with Gasteiger partial charge in [0.2, 0.25) is 0 Å². The largest absolute Gasteiger partial charge is 0.415 e. The molecule has 0 spiro atoms. The van der Waals surface area contributed by atoms with Gasteiger partial charge in [-0.2, -0.15) is 0 Å². The second kappa shape index (κ2) is 13.0. The van der Waals surface area contributed by atoms with E-state index in [0.717, 1.165) is 19.3 Å². The van der Waals surface area contributed by atoms with Crippen molar-refractivity contribution in [1.29, 1.82) is 0 Å². The van der Waals surface area contributed by atoms with Crippen molar-refractivity contribution in [2.45, 2.75) is 73.1 Å². The van der Waals surface area contributed by atoms with Crippen LogP contribution in [0, 0.1) is 11.8 Å². The Balaban J connectivity index is 2.86. The predicted octanol–water partition coefficient (Wildman–Crippen LogP) is 6.70. The zero-order chi connectivity index (χ0) is 21.0. The Bertz CT molecular complexity index is 591. The monoisotopic (exact) mass is 409 g/mol. The minimum atomic E-state index is -3.22. The van der Waals surface area contributed by atoms with Crippen LogP contribution in [0.15, 0.2) is 30.3 Å². The minimum Gasteiger partial charge on any atom is -0.392 e. The van der Waals surface area contributed by atoms with Crippen LogP contribution in [0.2, 0.25) is 0 Å². The molecule has 1 amide bonds. The fraction of sp³-hybridized carbons (Fsp3) is 0.696. The Morgan fingerprint density at radius 2 is 1.46 bits per heavy atom. The summed E-state index contributed by atoms with van der Waals surface area (Å²) in [6.07, 6.45) is 6.62. The van der Waals surface area contributed by atoms with Crippen molar-refractivity contribution in [2.75, 3.05) is 19.3 Å². The van der Waals surface area contributed by atoms with Gasteiger partial charge in [-0.3, -0.25) is 4.57 Å². The van der Waals surface area contributed by atoms with Gasteiger partial charge in [0, 0.05) is 24.6 Å². The molecule has 0 radical (unpaired) electrons. The predicted molar refractivity (Wildman–Crippen MR) is 120 cm³/mol. The van der Waals surface area contributed by atoms with Crippen LogP contribution >= 0.6 is 7.37 Å². The molecule has 0 saturated heterocycles. The van der Waals surface area contributed by atoms with E-state index in [2.05, 4.69) is 34.6 Å². The van der Waals surface area contributed by atoms with E-state index >= 15 is 0 Å². The molecule has 0 heterocycles. The van der Waals surface area contributed by atoms with Crippen LogP contribution in [-0.4, -0.2) is 30.2 Å². The normalized spacial score (nSPS) is 13.5. The van der Waals surface area contributed by atoms with E-state index in [9.17, 15) is 9.36 Å². The third kappa shape index (κ3) is 9.28. The molecule has 1 rings (SSSR count). The number of carbonyl (C=O) groups is 1. The summed E-state index contributed by atoms with van der Waals surface area (Å²) in [6.45, 7) is 11.7. The van der Waals surface area contributed by atoms with E-state index in [1.54, 1.807) is 4.90 Å². The average molecular weight is 410 g/mol. The Morgan fingerprint density at radius 3 is 2.00 bits per heavy atom. The van der Waals surface area contributed by atoms with Crippen LogP contribution < -0.4 is 5.30 Å². The molecule has 0 N–H and O–H groups in total. The zero-order valence-electron chi connectivity index (χ0n) is 18.5. The van der Waals surface area contributed by atoms with E-state index in [-0.39, 0.29) is 0 Å². The van der Waals surface area contributed by atoms with Gasteiger partial charge in [-0.05, 0) is 30.4 Å². The molecular formula is C23H40NO3P. The number of amides is 1. The molecule has 4 nitrogen and oxygen atoms in total. The summed E-state index contributed by atoms with van der Waals surface area (Å²) in [5.74, 6) is 0.668. The molecule has 0 bridgehead atoms. The van der Waals surface area contributed by atoms with Gasteiger partial charge in [-0.1, -0.05) is 84.9 Å². The number of nitrogens with zero attached hydrogens (tertiary/aromatic N) is 1. The van der Waals surface area contributed by atoms with Gasteiger partial charge in [0.05, 0.1) is 0 Å². The summed E-state index contributed by atoms with van der Waals surface area (Å²) in [5, 5.41) is 0.644. The smallest absolute Gasteiger partial charge is 0.392 e. The molecule has 1 unspecified atom stereocenters. The summed E-state index contributed by atoms with van der Waals surface area (Å²) >= 11 is 0. The second-order valence-electron chi connectivity index (χ2n) is 8.55. The topological polar surface area (TPSA) is 46.6 Å². The van der Waals surface area contributed by atoms with Crippen molar-refractivity contribution in [3.05, 3.63) is 30.3 Å². The molecule has 0 aromatic heterocycles. The Morgan fingerprint density at radius 1 is 0.929 bits per heavy atom. The van der Waals surface area contributed by atoms with Crippen LogP contribution in [-0.2, 0) is 9.09 Å². The number of rotatable bonds is 13. The molecular weight excluding hydrogens is 369 g/mol. The van der Waals surface area contributed by atoms with Crippen molar-refractivity contribution < 1.29 is 13.9 Å². The number of benzene rings is 1. The summed E-state index contributed by atoms with van der Waals surface area (Å²) in [6, 6.07) is 9.25. The van der Waals surface area contributed by atoms with Crippen LogP contribution in [0.1, 0.15) is 73.1 Å². The number of hydrogen-bond donors (Lipinski definition) is 0. The zero-order valence-corrected chi connectivity index (χ0v) is 19.4. The summed E-state index contributed by atoms with van der Waals surface area (Å²) in [7, 11) is -3.22. The first kappa shape index (κ1) is 24.8.